The number of ether oxygens (including phenoxy) is 1. The van der Waals surface area contributed by atoms with Crippen LogP contribution in [0.3, 0.4) is 0 Å². The van der Waals surface area contributed by atoms with Gasteiger partial charge in [-0.3, -0.25) is 14.9 Å². The quantitative estimate of drug-likeness (QED) is 0.836. The number of aromatic nitrogens is 1. The number of Topliss-reactive ketones (excluding diaryl/α,β-unsaturated/α-hetero) is 1. The number of ketones is 1. The van der Waals surface area contributed by atoms with E-state index in [-0.39, 0.29) is 17.8 Å². The summed E-state index contributed by atoms with van der Waals surface area (Å²) < 4.78 is 5.45. The van der Waals surface area contributed by atoms with Crippen molar-refractivity contribution < 1.29 is 14.3 Å². The number of thiazole rings is 1. The highest BCUT2D eigenvalue weighted by Crippen LogP contribution is 2.22. The molecule has 1 fully saturated rings. The van der Waals surface area contributed by atoms with Gasteiger partial charge < -0.3 is 4.74 Å². The largest absolute Gasteiger partial charge is 0.365 e. The molecule has 17 heavy (non-hydrogen) atoms. The first-order valence-corrected chi connectivity index (χ1v) is 6.37. The van der Waals surface area contributed by atoms with Gasteiger partial charge in [-0.1, -0.05) is 0 Å². The molecule has 1 aliphatic rings. The van der Waals surface area contributed by atoms with Gasteiger partial charge in [0.05, 0.1) is 6.10 Å². The first-order chi connectivity index (χ1) is 8.06. The second-order valence-corrected chi connectivity index (χ2v) is 4.95. The molecule has 2 unspecified atom stereocenters. The molecule has 92 valence electrons. The molecular formula is C11H14N2O3S. The predicted molar refractivity (Wildman–Crippen MR) is 64.3 cm³/mol. The lowest BCUT2D eigenvalue weighted by Gasteiger charge is -2.09. The minimum absolute atomic E-state index is 0.104. The Morgan fingerprint density at radius 2 is 2.29 bits per heavy atom. The summed E-state index contributed by atoms with van der Waals surface area (Å²) in [7, 11) is 0. The van der Waals surface area contributed by atoms with Crippen molar-refractivity contribution in [2.75, 3.05) is 5.32 Å². The van der Waals surface area contributed by atoms with Crippen LogP contribution in [0.2, 0.25) is 0 Å². The topological polar surface area (TPSA) is 68.3 Å². The maximum atomic E-state index is 11.8. The van der Waals surface area contributed by atoms with Crippen LogP contribution in [0.25, 0.3) is 0 Å². The maximum absolute atomic E-state index is 11.8. The number of nitrogens with one attached hydrogen (secondary N) is 1. The van der Waals surface area contributed by atoms with Gasteiger partial charge in [-0.2, -0.15) is 0 Å². The number of hydrogen-bond acceptors (Lipinski definition) is 5. The molecule has 1 N–H and O–H groups in total. The summed E-state index contributed by atoms with van der Waals surface area (Å²) in [5, 5.41) is 4.75. The molecule has 1 saturated heterocycles. The molecule has 1 aliphatic heterocycles. The molecule has 2 atom stereocenters. The van der Waals surface area contributed by atoms with Gasteiger partial charge in [0, 0.05) is 12.3 Å². The van der Waals surface area contributed by atoms with E-state index in [1.54, 1.807) is 5.38 Å². The molecule has 0 aliphatic carbocycles. The van der Waals surface area contributed by atoms with Crippen molar-refractivity contribution in [3.05, 3.63) is 11.1 Å². The van der Waals surface area contributed by atoms with Gasteiger partial charge in [0.2, 0.25) is 0 Å². The number of anilines is 1. The summed E-state index contributed by atoms with van der Waals surface area (Å²) in [6.45, 7) is 3.40. The Balaban J connectivity index is 1.96. The van der Waals surface area contributed by atoms with Crippen molar-refractivity contribution in [1.29, 1.82) is 0 Å². The van der Waals surface area contributed by atoms with Crippen molar-refractivity contribution in [1.82, 2.24) is 4.98 Å². The molecule has 0 spiro atoms. The number of carbonyl (C=O) groups excluding carboxylic acids is 2. The van der Waals surface area contributed by atoms with Crippen LogP contribution in [-0.4, -0.2) is 28.9 Å². The standard InChI is InChI=1S/C11H14N2O3S/c1-6-3-4-9(16-6)10(15)13-11-12-8(5-17-11)7(2)14/h5-6,9H,3-4H2,1-2H3,(H,12,13,15). The van der Waals surface area contributed by atoms with Gasteiger partial charge in [-0.15, -0.1) is 11.3 Å². The molecule has 1 aromatic heterocycles. The molecule has 2 heterocycles. The first-order valence-electron chi connectivity index (χ1n) is 5.49. The molecule has 6 heteroatoms. The predicted octanol–water partition coefficient (Wildman–Crippen LogP) is 1.85. The van der Waals surface area contributed by atoms with E-state index in [4.69, 9.17) is 4.74 Å². The van der Waals surface area contributed by atoms with E-state index in [1.165, 1.54) is 18.3 Å². The molecule has 0 bridgehead atoms. The van der Waals surface area contributed by atoms with Crippen molar-refractivity contribution >= 4 is 28.2 Å². The fourth-order valence-corrected chi connectivity index (χ4v) is 2.43. The highest BCUT2D eigenvalue weighted by molar-refractivity contribution is 7.14. The van der Waals surface area contributed by atoms with Gasteiger partial charge >= 0.3 is 0 Å². The maximum Gasteiger partial charge on any atom is 0.255 e. The lowest BCUT2D eigenvalue weighted by atomic mass is 10.2. The van der Waals surface area contributed by atoms with Crippen LogP contribution in [0.5, 0.6) is 0 Å². The molecule has 0 aromatic carbocycles. The van der Waals surface area contributed by atoms with Crippen LogP contribution in [0.15, 0.2) is 5.38 Å². The molecule has 5 nitrogen and oxygen atoms in total. The highest BCUT2D eigenvalue weighted by atomic mass is 32.1. The zero-order valence-electron chi connectivity index (χ0n) is 9.73. The lowest BCUT2D eigenvalue weighted by molar-refractivity contribution is -0.126. The van der Waals surface area contributed by atoms with E-state index in [2.05, 4.69) is 10.3 Å². The van der Waals surface area contributed by atoms with Crippen molar-refractivity contribution in [3.8, 4) is 0 Å². The Hall–Kier alpha value is -1.27. The molecule has 2 rings (SSSR count). The van der Waals surface area contributed by atoms with E-state index in [0.717, 1.165) is 12.8 Å². The molecule has 1 aromatic rings. The van der Waals surface area contributed by atoms with Crippen molar-refractivity contribution in [2.24, 2.45) is 0 Å². The van der Waals surface area contributed by atoms with Gasteiger partial charge in [-0.05, 0) is 19.8 Å². The van der Waals surface area contributed by atoms with Crippen LogP contribution in [0.4, 0.5) is 5.13 Å². The van der Waals surface area contributed by atoms with E-state index < -0.39 is 6.10 Å². The van der Waals surface area contributed by atoms with Crippen LogP contribution in [0, 0.1) is 0 Å². The van der Waals surface area contributed by atoms with Crippen molar-refractivity contribution in [3.63, 3.8) is 0 Å². The summed E-state index contributed by atoms with van der Waals surface area (Å²) in [5.41, 5.74) is 0.381. The molecule has 1 amide bonds. The Morgan fingerprint density at radius 1 is 1.53 bits per heavy atom. The normalized spacial score (nSPS) is 23.6. The Labute approximate surface area is 103 Å². The molecular weight excluding hydrogens is 240 g/mol. The van der Waals surface area contributed by atoms with Crippen LogP contribution < -0.4 is 5.32 Å². The summed E-state index contributed by atoms with van der Waals surface area (Å²) in [6.07, 6.45) is 1.37. The van der Waals surface area contributed by atoms with Gasteiger partial charge in [0.1, 0.15) is 11.8 Å². The van der Waals surface area contributed by atoms with Gasteiger partial charge in [-0.25, -0.2) is 4.98 Å². The number of amides is 1. The van der Waals surface area contributed by atoms with E-state index in [9.17, 15) is 9.59 Å². The van der Waals surface area contributed by atoms with Gasteiger partial charge in [0.15, 0.2) is 10.9 Å². The smallest absolute Gasteiger partial charge is 0.255 e. The Kier molecular flexibility index (Phi) is 3.54. The third kappa shape index (κ3) is 2.89. The summed E-state index contributed by atoms with van der Waals surface area (Å²) in [4.78, 5) is 26.9. The molecule has 0 radical (unpaired) electrons. The average molecular weight is 254 g/mol. The zero-order valence-corrected chi connectivity index (χ0v) is 10.5. The van der Waals surface area contributed by atoms with Crippen molar-refractivity contribution in [2.45, 2.75) is 38.9 Å². The van der Waals surface area contributed by atoms with E-state index in [0.29, 0.717) is 10.8 Å². The number of nitrogens with zero attached hydrogens (tertiary/aromatic N) is 1. The van der Waals surface area contributed by atoms with Gasteiger partial charge in [0.25, 0.3) is 5.91 Å². The average Bonchev–Trinajstić information content (AvgIpc) is 2.86. The second kappa shape index (κ2) is 4.93. The fourth-order valence-electron chi connectivity index (χ4n) is 1.67. The number of carbonyl (C=O) groups is 2. The van der Waals surface area contributed by atoms with E-state index in [1.807, 2.05) is 6.92 Å². The minimum Gasteiger partial charge on any atom is -0.365 e. The number of rotatable bonds is 3. The third-order valence-corrected chi connectivity index (χ3v) is 3.38. The fraction of sp³-hybridized carbons (Fsp3) is 0.545. The third-order valence-electron chi connectivity index (χ3n) is 2.62. The Morgan fingerprint density at radius 3 is 2.82 bits per heavy atom. The monoisotopic (exact) mass is 254 g/mol. The van der Waals surface area contributed by atoms with Crippen LogP contribution >= 0.6 is 11.3 Å². The number of hydrogen-bond donors (Lipinski definition) is 1. The summed E-state index contributed by atoms with van der Waals surface area (Å²) in [6, 6.07) is 0. The summed E-state index contributed by atoms with van der Waals surface area (Å²) in [5.74, 6) is -0.286. The molecule has 0 saturated carbocycles. The minimum atomic E-state index is -0.394. The first kappa shape index (κ1) is 12.2. The lowest BCUT2D eigenvalue weighted by Crippen LogP contribution is -2.27. The Bertz CT molecular complexity index is 444. The highest BCUT2D eigenvalue weighted by Gasteiger charge is 2.28. The second-order valence-electron chi connectivity index (χ2n) is 4.10. The van der Waals surface area contributed by atoms with E-state index >= 15 is 0 Å². The SMILES string of the molecule is CC(=O)c1csc(NC(=O)C2CCC(C)O2)n1. The van der Waals surface area contributed by atoms with Crippen LogP contribution in [0.1, 0.15) is 37.2 Å². The van der Waals surface area contributed by atoms with Crippen LogP contribution in [-0.2, 0) is 9.53 Å². The zero-order chi connectivity index (χ0) is 12.4. The summed E-state index contributed by atoms with van der Waals surface area (Å²) >= 11 is 1.25.